The minimum atomic E-state index is -0.364. The Labute approximate surface area is 129 Å². The molecule has 1 heterocycles. The lowest BCUT2D eigenvalue weighted by Gasteiger charge is -2.42. The molecule has 3 atom stereocenters. The van der Waals surface area contributed by atoms with Gasteiger partial charge in [-0.25, -0.2) is 0 Å². The molecule has 0 radical (unpaired) electrons. The number of nitrogens with zero attached hydrogens (tertiary/aromatic N) is 2. The Morgan fingerprint density at radius 3 is 2.33 bits per heavy atom. The SMILES string of the molecule is CCC(C)C1NC(=O)C(C(C)C)N(CCCN(C)C)C1=O. The fourth-order valence-electron chi connectivity index (χ4n) is 2.85. The zero-order valence-electron chi connectivity index (χ0n) is 14.3. The lowest BCUT2D eigenvalue weighted by molar-refractivity contribution is -0.152. The van der Waals surface area contributed by atoms with Crippen LogP contribution in [0.5, 0.6) is 0 Å². The summed E-state index contributed by atoms with van der Waals surface area (Å²) < 4.78 is 0. The van der Waals surface area contributed by atoms with Crippen LogP contribution in [-0.2, 0) is 9.59 Å². The molecular weight excluding hydrogens is 266 g/mol. The Bertz CT molecular complexity index is 369. The van der Waals surface area contributed by atoms with Crippen molar-refractivity contribution in [3.63, 3.8) is 0 Å². The second-order valence-electron chi connectivity index (χ2n) is 6.75. The molecule has 1 N–H and O–H groups in total. The molecule has 5 heteroatoms. The fourth-order valence-corrected chi connectivity index (χ4v) is 2.85. The van der Waals surface area contributed by atoms with Gasteiger partial charge in [0.25, 0.3) is 0 Å². The highest BCUT2D eigenvalue weighted by Gasteiger charge is 2.43. The molecule has 1 fully saturated rings. The zero-order chi connectivity index (χ0) is 16.2. The van der Waals surface area contributed by atoms with Crippen LogP contribution in [0.1, 0.15) is 40.5 Å². The molecule has 2 amide bonds. The average Bonchev–Trinajstić information content (AvgIpc) is 2.40. The number of hydrogen-bond donors (Lipinski definition) is 1. The maximum absolute atomic E-state index is 12.8. The molecule has 0 bridgehead atoms. The average molecular weight is 297 g/mol. The third-order valence-corrected chi connectivity index (χ3v) is 4.30. The predicted molar refractivity (Wildman–Crippen MR) is 84.9 cm³/mol. The van der Waals surface area contributed by atoms with Crippen molar-refractivity contribution in [3.8, 4) is 0 Å². The molecule has 1 rings (SSSR count). The Balaban J connectivity index is 2.87. The van der Waals surface area contributed by atoms with Gasteiger partial charge in [-0.2, -0.15) is 0 Å². The molecular formula is C16H31N3O2. The van der Waals surface area contributed by atoms with Gasteiger partial charge in [-0.3, -0.25) is 9.59 Å². The molecule has 0 aliphatic carbocycles. The standard InChI is InChI=1S/C16H31N3O2/c1-7-12(4)13-16(21)19(10-8-9-18(5)6)14(11(2)3)15(20)17-13/h11-14H,7-10H2,1-6H3,(H,17,20). The molecule has 0 aromatic carbocycles. The van der Waals surface area contributed by atoms with Gasteiger partial charge in [0.1, 0.15) is 12.1 Å². The topological polar surface area (TPSA) is 52.7 Å². The van der Waals surface area contributed by atoms with Crippen LogP contribution in [0.25, 0.3) is 0 Å². The summed E-state index contributed by atoms with van der Waals surface area (Å²) in [5.41, 5.74) is 0. The summed E-state index contributed by atoms with van der Waals surface area (Å²) in [6.45, 7) is 9.65. The highest BCUT2D eigenvalue weighted by atomic mass is 16.2. The van der Waals surface area contributed by atoms with Gasteiger partial charge in [0.15, 0.2) is 0 Å². The van der Waals surface area contributed by atoms with Gasteiger partial charge in [0, 0.05) is 6.54 Å². The van der Waals surface area contributed by atoms with Gasteiger partial charge >= 0.3 is 0 Å². The first kappa shape index (κ1) is 18.0. The maximum Gasteiger partial charge on any atom is 0.246 e. The minimum Gasteiger partial charge on any atom is -0.342 e. The van der Waals surface area contributed by atoms with Crippen LogP contribution >= 0.6 is 0 Å². The molecule has 3 unspecified atom stereocenters. The van der Waals surface area contributed by atoms with E-state index in [-0.39, 0.29) is 35.7 Å². The summed E-state index contributed by atoms with van der Waals surface area (Å²) in [7, 11) is 4.04. The summed E-state index contributed by atoms with van der Waals surface area (Å²) in [5, 5.41) is 2.94. The number of rotatable bonds is 7. The molecule has 0 spiro atoms. The van der Waals surface area contributed by atoms with Crippen molar-refractivity contribution in [1.29, 1.82) is 0 Å². The van der Waals surface area contributed by atoms with Crippen molar-refractivity contribution in [2.45, 2.75) is 52.6 Å². The van der Waals surface area contributed by atoms with E-state index in [0.717, 1.165) is 19.4 Å². The van der Waals surface area contributed by atoms with Gasteiger partial charge in [-0.05, 0) is 38.9 Å². The van der Waals surface area contributed by atoms with Gasteiger partial charge in [-0.1, -0.05) is 34.1 Å². The van der Waals surface area contributed by atoms with Crippen LogP contribution in [0.3, 0.4) is 0 Å². The van der Waals surface area contributed by atoms with Gasteiger partial charge in [0.05, 0.1) is 0 Å². The second kappa shape index (κ2) is 7.78. The molecule has 1 aliphatic rings. The van der Waals surface area contributed by atoms with Crippen molar-refractivity contribution in [1.82, 2.24) is 15.1 Å². The quantitative estimate of drug-likeness (QED) is 0.771. The number of nitrogens with one attached hydrogen (secondary N) is 1. The van der Waals surface area contributed by atoms with Crippen LogP contribution in [-0.4, -0.2) is 60.9 Å². The molecule has 0 saturated carbocycles. The number of carbonyl (C=O) groups is 2. The summed E-state index contributed by atoms with van der Waals surface area (Å²) in [6.07, 6.45) is 1.77. The zero-order valence-corrected chi connectivity index (χ0v) is 14.3. The van der Waals surface area contributed by atoms with E-state index in [0.29, 0.717) is 6.54 Å². The van der Waals surface area contributed by atoms with Crippen molar-refractivity contribution < 1.29 is 9.59 Å². The molecule has 0 aromatic rings. The number of piperazine rings is 1. The van der Waals surface area contributed by atoms with E-state index in [1.54, 1.807) is 0 Å². The summed E-state index contributed by atoms with van der Waals surface area (Å²) in [4.78, 5) is 29.1. The van der Waals surface area contributed by atoms with Crippen molar-refractivity contribution in [2.24, 2.45) is 11.8 Å². The van der Waals surface area contributed by atoms with Crippen LogP contribution in [0.4, 0.5) is 0 Å². The molecule has 1 saturated heterocycles. The summed E-state index contributed by atoms with van der Waals surface area (Å²) in [5.74, 6) is 0.387. The number of hydrogen-bond acceptors (Lipinski definition) is 3. The van der Waals surface area contributed by atoms with E-state index >= 15 is 0 Å². The second-order valence-corrected chi connectivity index (χ2v) is 6.75. The van der Waals surface area contributed by atoms with E-state index in [1.807, 2.05) is 39.8 Å². The summed E-state index contributed by atoms with van der Waals surface area (Å²) >= 11 is 0. The van der Waals surface area contributed by atoms with E-state index < -0.39 is 0 Å². The van der Waals surface area contributed by atoms with Crippen molar-refractivity contribution in [2.75, 3.05) is 27.2 Å². The van der Waals surface area contributed by atoms with Crippen molar-refractivity contribution in [3.05, 3.63) is 0 Å². The van der Waals surface area contributed by atoms with E-state index in [1.165, 1.54) is 0 Å². The molecule has 122 valence electrons. The van der Waals surface area contributed by atoms with Gasteiger partial charge < -0.3 is 15.1 Å². The third kappa shape index (κ3) is 4.43. The minimum absolute atomic E-state index is 0.000229. The third-order valence-electron chi connectivity index (χ3n) is 4.30. The number of carbonyl (C=O) groups excluding carboxylic acids is 2. The largest absolute Gasteiger partial charge is 0.342 e. The normalized spacial score (nSPS) is 24.7. The van der Waals surface area contributed by atoms with Gasteiger partial charge in [0.2, 0.25) is 11.8 Å². The monoisotopic (exact) mass is 297 g/mol. The smallest absolute Gasteiger partial charge is 0.246 e. The number of amides is 2. The molecule has 0 aromatic heterocycles. The molecule has 21 heavy (non-hydrogen) atoms. The van der Waals surface area contributed by atoms with Crippen LogP contribution in [0.2, 0.25) is 0 Å². The Morgan fingerprint density at radius 2 is 1.86 bits per heavy atom. The van der Waals surface area contributed by atoms with E-state index in [9.17, 15) is 9.59 Å². The Kier molecular flexibility index (Phi) is 6.65. The lowest BCUT2D eigenvalue weighted by Crippen LogP contribution is -2.66. The fraction of sp³-hybridized carbons (Fsp3) is 0.875. The van der Waals surface area contributed by atoms with Crippen LogP contribution < -0.4 is 5.32 Å². The van der Waals surface area contributed by atoms with Gasteiger partial charge in [-0.15, -0.1) is 0 Å². The van der Waals surface area contributed by atoms with E-state index in [4.69, 9.17) is 0 Å². The maximum atomic E-state index is 12.8. The van der Waals surface area contributed by atoms with E-state index in [2.05, 4.69) is 17.1 Å². The highest BCUT2D eigenvalue weighted by Crippen LogP contribution is 2.22. The first-order valence-corrected chi connectivity index (χ1v) is 8.05. The lowest BCUT2D eigenvalue weighted by atomic mass is 9.90. The summed E-state index contributed by atoms with van der Waals surface area (Å²) in [6, 6.07) is -0.697. The van der Waals surface area contributed by atoms with Crippen LogP contribution in [0.15, 0.2) is 0 Å². The highest BCUT2D eigenvalue weighted by molar-refractivity contribution is 5.97. The van der Waals surface area contributed by atoms with Crippen LogP contribution in [0, 0.1) is 11.8 Å². The Hall–Kier alpha value is -1.10. The Morgan fingerprint density at radius 1 is 1.24 bits per heavy atom. The van der Waals surface area contributed by atoms with Crippen molar-refractivity contribution >= 4 is 11.8 Å². The molecule has 5 nitrogen and oxygen atoms in total. The first-order valence-electron chi connectivity index (χ1n) is 8.05. The first-order chi connectivity index (χ1) is 9.79. The molecule has 1 aliphatic heterocycles. The predicted octanol–water partition coefficient (Wildman–Crippen LogP) is 1.34.